The zero-order chi connectivity index (χ0) is 13.1. The second-order valence-corrected chi connectivity index (χ2v) is 4.61. The Labute approximate surface area is 108 Å². The van der Waals surface area contributed by atoms with Crippen LogP contribution in [0.1, 0.15) is 24.1 Å². The van der Waals surface area contributed by atoms with Gasteiger partial charge in [0.05, 0.1) is 0 Å². The molecular formula is C16H18FN. The Balaban J connectivity index is 2.56. The summed E-state index contributed by atoms with van der Waals surface area (Å²) in [6.07, 6.45) is 0. The van der Waals surface area contributed by atoms with Crippen LogP contribution in [0.2, 0.25) is 0 Å². The predicted octanol–water partition coefficient (Wildman–Crippen LogP) is 4.08. The lowest BCUT2D eigenvalue weighted by Gasteiger charge is -2.16. The van der Waals surface area contributed by atoms with Gasteiger partial charge in [-0.05, 0) is 55.3 Å². The van der Waals surface area contributed by atoms with Gasteiger partial charge in [0.2, 0.25) is 0 Å². The number of hydrogen-bond acceptors (Lipinski definition) is 1. The zero-order valence-electron chi connectivity index (χ0n) is 11.0. The lowest BCUT2D eigenvalue weighted by Crippen LogP contribution is -2.13. The Kier molecular flexibility index (Phi) is 3.78. The van der Waals surface area contributed by atoms with Crippen LogP contribution in [0.5, 0.6) is 0 Å². The van der Waals surface area contributed by atoms with E-state index in [4.69, 9.17) is 0 Å². The van der Waals surface area contributed by atoms with E-state index in [1.54, 1.807) is 12.1 Å². The molecule has 0 fully saturated rings. The van der Waals surface area contributed by atoms with Gasteiger partial charge in [0, 0.05) is 6.04 Å². The molecule has 0 spiro atoms. The summed E-state index contributed by atoms with van der Waals surface area (Å²) >= 11 is 0. The average Bonchev–Trinajstić information content (AvgIpc) is 2.36. The van der Waals surface area contributed by atoms with Crippen LogP contribution in [0.3, 0.4) is 0 Å². The molecular weight excluding hydrogens is 225 g/mol. The monoisotopic (exact) mass is 243 g/mol. The van der Waals surface area contributed by atoms with Gasteiger partial charge in [0.15, 0.2) is 0 Å². The van der Waals surface area contributed by atoms with E-state index in [0.29, 0.717) is 0 Å². The molecule has 1 N–H and O–H groups in total. The van der Waals surface area contributed by atoms with Crippen LogP contribution in [0.15, 0.2) is 42.5 Å². The first-order valence-electron chi connectivity index (χ1n) is 6.15. The molecule has 94 valence electrons. The largest absolute Gasteiger partial charge is 0.313 e. The number of halogens is 1. The van der Waals surface area contributed by atoms with Crippen LogP contribution in [-0.4, -0.2) is 7.05 Å². The summed E-state index contributed by atoms with van der Waals surface area (Å²) in [5, 5.41) is 3.23. The van der Waals surface area contributed by atoms with Gasteiger partial charge in [-0.25, -0.2) is 4.39 Å². The highest BCUT2D eigenvalue weighted by Gasteiger charge is 2.10. The fourth-order valence-corrected chi connectivity index (χ4v) is 2.18. The highest BCUT2D eigenvalue weighted by atomic mass is 19.1. The Hall–Kier alpha value is -1.67. The first-order chi connectivity index (χ1) is 8.61. The van der Waals surface area contributed by atoms with Crippen molar-refractivity contribution in [2.24, 2.45) is 0 Å². The van der Waals surface area contributed by atoms with Crippen molar-refractivity contribution in [2.45, 2.75) is 19.9 Å². The Morgan fingerprint density at radius 1 is 1.11 bits per heavy atom. The molecule has 1 atom stereocenters. The van der Waals surface area contributed by atoms with E-state index in [1.807, 2.05) is 38.2 Å². The molecule has 2 rings (SSSR count). The average molecular weight is 243 g/mol. The van der Waals surface area contributed by atoms with E-state index in [0.717, 1.165) is 16.7 Å². The summed E-state index contributed by atoms with van der Waals surface area (Å²) in [5.74, 6) is -0.183. The van der Waals surface area contributed by atoms with Gasteiger partial charge in [-0.15, -0.1) is 0 Å². The standard InChI is InChI=1S/C16H18FN/c1-11-8-13(10-14(17)9-11)16-7-5-4-6-15(16)12(2)18-3/h4-10,12,18H,1-3H3. The maximum Gasteiger partial charge on any atom is 0.124 e. The van der Waals surface area contributed by atoms with Crippen molar-refractivity contribution in [3.8, 4) is 11.1 Å². The quantitative estimate of drug-likeness (QED) is 0.856. The molecule has 2 heteroatoms. The molecule has 1 unspecified atom stereocenters. The third kappa shape index (κ3) is 2.59. The Bertz CT molecular complexity index is 528. The molecule has 0 aliphatic rings. The van der Waals surface area contributed by atoms with Gasteiger partial charge in [-0.1, -0.05) is 30.3 Å². The van der Waals surface area contributed by atoms with Crippen LogP contribution >= 0.6 is 0 Å². The number of benzene rings is 2. The maximum absolute atomic E-state index is 13.5. The summed E-state index contributed by atoms with van der Waals surface area (Å²) in [6, 6.07) is 13.5. The number of hydrogen-bond donors (Lipinski definition) is 1. The highest BCUT2D eigenvalue weighted by Crippen LogP contribution is 2.29. The van der Waals surface area contributed by atoms with E-state index < -0.39 is 0 Å². The second-order valence-electron chi connectivity index (χ2n) is 4.61. The number of rotatable bonds is 3. The summed E-state index contributed by atoms with van der Waals surface area (Å²) in [4.78, 5) is 0. The SMILES string of the molecule is CNC(C)c1ccccc1-c1cc(C)cc(F)c1. The van der Waals surface area contributed by atoms with E-state index in [2.05, 4.69) is 18.3 Å². The maximum atomic E-state index is 13.5. The van der Waals surface area contributed by atoms with Crippen molar-refractivity contribution in [3.63, 3.8) is 0 Å². The van der Waals surface area contributed by atoms with Gasteiger partial charge < -0.3 is 5.32 Å². The van der Waals surface area contributed by atoms with Gasteiger partial charge in [0.1, 0.15) is 5.82 Å². The van der Waals surface area contributed by atoms with Crippen LogP contribution in [0.25, 0.3) is 11.1 Å². The molecule has 0 aromatic heterocycles. The third-order valence-corrected chi connectivity index (χ3v) is 3.21. The molecule has 0 radical (unpaired) electrons. The van der Waals surface area contributed by atoms with Crippen LogP contribution in [0, 0.1) is 12.7 Å². The fourth-order valence-electron chi connectivity index (χ4n) is 2.18. The lowest BCUT2D eigenvalue weighted by atomic mass is 9.94. The molecule has 18 heavy (non-hydrogen) atoms. The Morgan fingerprint density at radius 2 is 1.83 bits per heavy atom. The zero-order valence-corrected chi connectivity index (χ0v) is 11.0. The van der Waals surface area contributed by atoms with E-state index in [9.17, 15) is 4.39 Å². The molecule has 0 aliphatic heterocycles. The van der Waals surface area contributed by atoms with Crippen molar-refractivity contribution in [1.29, 1.82) is 0 Å². The van der Waals surface area contributed by atoms with Crippen LogP contribution in [0.4, 0.5) is 4.39 Å². The lowest BCUT2D eigenvalue weighted by molar-refractivity contribution is 0.626. The molecule has 2 aromatic carbocycles. The normalized spacial score (nSPS) is 12.4. The predicted molar refractivity (Wildman–Crippen MR) is 74.0 cm³/mol. The van der Waals surface area contributed by atoms with Crippen molar-refractivity contribution in [2.75, 3.05) is 7.05 Å². The first-order valence-corrected chi connectivity index (χ1v) is 6.15. The smallest absolute Gasteiger partial charge is 0.124 e. The topological polar surface area (TPSA) is 12.0 Å². The fraction of sp³-hybridized carbons (Fsp3) is 0.250. The minimum Gasteiger partial charge on any atom is -0.313 e. The number of nitrogens with one attached hydrogen (secondary N) is 1. The van der Waals surface area contributed by atoms with Gasteiger partial charge in [-0.2, -0.15) is 0 Å². The first kappa shape index (κ1) is 12.8. The summed E-state index contributed by atoms with van der Waals surface area (Å²) in [6.45, 7) is 4.02. The van der Waals surface area contributed by atoms with Crippen LogP contribution < -0.4 is 5.32 Å². The molecule has 0 bridgehead atoms. The highest BCUT2D eigenvalue weighted by molar-refractivity contribution is 5.68. The van der Waals surface area contributed by atoms with E-state index >= 15 is 0 Å². The minimum absolute atomic E-state index is 0.183. The second kappa shape index (κ2) is 5.32. The third-order valence-electron chi connectivity index (χ3n) is 3.21. The molecule has 2 aromatic rings. The van der Waals surface area contributed by atoms with E-state index in [-0.39, 0.29) is 11.9 Å². The number of aryl methyl sites for hydroxylation is 1. The van der Waals surface area contributed by atoms with Crippen molar-refractivity contribution in [3.05, 3.63) is 59.4 Å². The molecule has 0 saturated heterocycles. The van der Waals surface area contributed by atoms with E-state index in [1.165, 1.54) is 5.56 Å². The van der Waals surface area contributed by atoms with Gasteiger partial charge in [0.25, 0.3) is 0 Å². The summed E-state index contributed by atoms with van der Waals surface area (Å²) in [7, 11) is 1.93. The van der Waals surface area contributed by atoms with Gasteiger partial charge in [-0.3, -0.25) is 0 Å². The Morgan fingerprint density at radius 3 is 2.50 bits per heavy atom. The minimum atomic E-state index is -0.183. The van der Waals surface area contributed by atoms with Crippen molar-refractivity contribution >= 4 is 0 Å². The summed E-state index contributed by atoms with van der Waals surface area (Å²) in [5.41, 5.74) is 4.15. The van der Waals surface area contributed by atoms with Crippen molar-refractivity contribution in [1.82, 2.24) is 5.32 Å². The van der Waals surface area contributed by atoms with Gasteiger partial charge >= 0.3 is 0 Å². The molecule has 0 aliphatic carbocycles. The molecule has 0 amide bonds. The molecule has 1 nitrogen and oxygen atoms in total. The van der Waals surface area contributed by atoms with Crippen LogP contribution in [-0.2, 0) is 0 Å². The molecule has 0 saturated carbocycles. The van der Waals surface area contributed by atoms with Crippen molar-refractivity contribution < 1.29 is 4.39 Å². The molecule has 0 heterocycles. The summed E-state index contributed by atoms with van der Waals surface area (Å²) < 4.78 is 13.5.